The molecule has 0 rings (SSSR count). The molecule has 0 aliphatic carbocycles. The van der Waals surface area contributed by atoms with Gasteiger partial charge in [-0.05, 0) is 0 Å². The number of rotatable bonds is 8. The summed E-state index contributed by atoms with van der Waals surface area (Å²) in [6, 6.07) is 0. The van der Waals surface area contributed by atoms with E-state index < -0.39 is 0 Å². The van der Waals surface area contributed by atoms with E-state index in [1.54, 1.807) is 0 Å². The van der Waals surface area contributed by atoms with E-state index in [2.05, 4.69) is 23.7 Å². The Kier molecular flexibility index (Phi) is 13.7. The Morgan fingerprint density at radius 3 is 2.29 bits per heavy atom. The maximum atomic E-state index is 3.39. The van der Waals surface area contributed by atoms with Gasteiger partial charge in [-0.1, -0.05) is 0 Å². The average Bonchev–Trinajstić information content (AvgIpc) is 2.21. The number of hydrogen-bond donors (Lipinski definition) is 0. The fourth-order valence-electron chi connectivity index (χ4n) is 1.19. The van der Waals surface area contributed by atoms with Crippen molar-refractivity contribution in [3.05, 3.63) is 0 Å². The van der Waals surface area contributed by atoms with Crippen molar-refractivity contribution in [2.24, 2.45) is 0 Å². The minimum atomic E-state index is 0.0669. The molecule has 0 spiro atoms. The molecule has 0 aromatic rings. The summed E-state index contributed by atoms with van der Waals surface area (Å²) in [6.45, 7) is 4.52. The molecule has 0 N–H and O–H groups in total. The molecule has 0 radical (unpaired) electrons. The first-order valence-corrected chi connectivity index (χ1v) is 8.82. The van der Waals surface area contributed by atoms with Gasteiger partial charge in [0.25, 0.3) is 0 Å². The van der Waals surface area contributed by atoms with Gasteiger partial charge in [-0.3, -0.25) is 0 Å². The third kappa shape index (κ3) is 12.3. The van der Waals surface area contributed by atoms with Crippen LogP contribution in [0.25, 0.3) is 0 Å². The quantitative estimate of drug-likeness (QED) is 0.358. The van der Waals surface area contributed by atoms with Crippen LogP contribution >= 0.6 is 0 Å². The summed E-state index contributed by atoms with van der Waals surface area (Å²) in [5.41, 5.74) is 0. The summed E-state index contributed by atoms with van der Waals surface area (Å²) in [5.74, 6) is 3.33. The van der Waals surface area contributed by atoms with Crippen LogP contribution in [0.1, 0.15) is 65.2 Å². The molecule has 0 aliphatic rings. The van der Waals surface area contributed by atoms with E-state index in [0.717, 1.165) is 6.42 Å². The SMILES string of the molecule is CCCCCCCC#C[Te]CCCC. The summed E-state index contributed by atoms with van der Waals surface area (Å²) in [4.78, 5) is 0. The molecule has 0 atom stereocenters. The standard InChI is InChI=1S/C13H24Te/c1-3-5-7-8-9-10-11-13-14-12-6-4-2/h3-10,12H2,1-2H3. The van der Waals surface area contributed by atoms with Gasteiger partial charge >= 0.3 is 100 Å². The van der Waals surface area contributed by atoms with E-state index in [9.17, 15) is 0 Å². The van der Waals surface area contributed by atoms with Gasteiger partial charge in [-0.2, -0.15) is 0 Å². The first-order valence-electron chi connectivity index (χ1n) is 6.01. The van der Waals surface area contributed by atoms with Crippen molar-refractivity contribution in [2.45, 2.75) is 69.7 Å². The van der Waals surface area contributed by atoms with Crippen LogP contribution in [0.5, 0.6) is 0 Å². The number of hydrogen-bond acceptors (Lipinski definition) is 0. The van der Waals surface area contributed by atoms with E-state index in [1.807, 2.05) is 0 Å². The zero-order valence-electron chi connectivity index (χ0n) is 9.77. The molecule has 0 aromatic carbocycles. The van der Waals surface area contributed by atoms with Crippen molar-refractivity contribution < 1.29 is 0 Å². The third-order valence-corrected chi connectivity index (χ3v) is 4.38. The molecule has 0 nitrogen and oxygen atoms in total. The second-order valence-corrected chi connectivity index (χ2v) is 6.22. The summed E-state index contributed by atoms with van der Waals surface area (Å²) in [5, 5.41) is 0. The Morgan fingerprint density at radius 1 is 0.857 bits per heavy atom. The van der Waals surface area contributed by atoms with Crippen molar-refractivity contribution in [1.29, 1.82) is 0 Å². The Balaban J connectivity index is 3.02. The predicted octanol–water partition coefficient (Wildman–Crippen LogP) is 4.23. The monoisotopic (exact) mass is 310 g/mol. The summed E-state index contributed by atoms with van der Waals surface area (Å²) < 4.78 is 4.81. The summed E-state index contributed by atoms with van der Waals surface area (Å²) >= 11 is 0.0669. The molecular weight excluding hydrogens is 284 g/mol. The van der Waals surface area contributed by atoms with Crippen molar-refractivity contribution >= 4 is 20.9 Å². The van der Waals surface area contributed by atoms with Crippen molar-refractivity contribution in [1.82, 2.24) is 0 Å². The Bertz CT molecular complexity index is 152. The molecule has 0 saturated heterocycles. The predicted molar refractivity (Wildman–Crippen MR) is 66.6 cm³/mol. The molecule has 0 bridgehead atoms. The molecule has 1 heteroatoms. The van der Waals surface area contributed by atoms with Crippen molar-refractivity contribution in [3.63, 3.8) is 0 Å². The van der Waals surface area contributed by atoms with Gasteiger partial charge in [0, 0.05) is 0 Å². The van der Waals surface area contributed by atoms with Gasteiger partial charge in [0.1, 0.15) is 0 Å². The zero-order valence-corrected chi connectivity index (χ0v) is 12.1. The molecule has 0 amide bonds. The van der Waals surface area contributed by atoms with Crippen molar-refractivity contribution in [3.8, 4) is 9.89 Å². The van der Waals surface area contributed by atoms with E-state index in [1.165, 1.54) is 49.4 Å². The first-order chi connectivity index (χ1) is 6.91. The topological polar surface area (TPSA) is 0 Å². The molecule has 0 fully saturated rings. The van der Waals surface area contributed by atoms with E-state index in [0.29, 0.717) is 0 Å². The van der Waals surface area contributed by atoms with E-state index in [-0.39, 0.29) is 20.9 Å². The van der Waals surface area contributed by atoms with Gasteiger partial charge in [0.2, 0.25) is 0 Å². The fraction of sp³-hybridized carbons (Fsp3) is 0.846. The number of unbranched alkanes of at least 4 members (excludes halogenated alkanes) is 6. The van der Waals surface area contributed by atoms with Crippen LogP contribution in [0.15, 0.2) is 0 Å². The molecule has 0 heterocycles. The van der Waals surface area contributed by atoms with E-state index in [4.69, 9.17) is 0 Å². The molecule has 0 aromatic heterocycles. The maximum absolute atomic E-state index is 3.39. The van der Waals surface area contributed by atoms with Gasteiger partial charge in [0.05, 0.1) is 0 Å². The van der Waals surface area contributed by atoms with Crippen LogP contribution in [0.3, 0.4) is 0 Å². The molecule has 0 unspecified atom stereocenters. The summed E-state index contributed by atoms with van der Waals surface area (Å²) in [7, 11) is 0. The van der Waals surface area contributed by atoms with Crippen LogP contribution in [0.2, 0.25) is 4.47 Å². The average molecular weight is 308 g/mol. The Morgan fingerprint density at radius 2 is 1.57 bits per heavy atom. The molecule has 82 valence electrons. The third-order valence-electron chi connectivity index (χ3n) is 2.15. The Hall–Kier alpha value is 0.350. The van der Waals surface area contributed by atoms with Gasteiger partial charge in [-0.25, -0.2) is 0 Å². The van der Waals surface area contributed by atoms with Crippen LogP contribution in [-0.4, -0.2) is 20.9 Å². The molecular formula is C13H24Te. The second kappa shape index (κ2) is 13.3. The minimum absolute atomic E-state index is 0.0669. The molecule has 0 aliphatic heterocycles. The van der Waals surface area contributed by atoms with Crippen LogP contribution in [0.4, 0.5) is 0 Å². The Labute approximate surface area is 100 Å². The van der Waals surface area contributed by atoms with Gasteiger partial charge < -0.3 is 0 Å². The first kappa shape index (κ1) is 14.3. The molecule has 0 saturated carbocycles. The fourth-order valence-corrected chi connectivity index (χ4v) is 3.30. The van der Waals surface area contributed by atoms with Crippen LogP contribution in [0, 0.1) is 9.89 Å². The second-order valence-electron chi connectivity index (χ2n) is 3.65. The van der Waals surface area contributed by atoms with Gasteiger partial charge in [-0.15, -0.1) is 0 Å². The zero-order chi connectivity index (χ0) is 10.5. The van der Waals surface area contributed by atoms with E-state index >= 15 is 0 Å². The normalized spacial score (nSPS) is 9.57. The summed E-state index contributed by atoms with van der Waals surface area (Å²) in [6.07, 6.45) is 10.8. The van der Waals surface area contributed by atoms with Crippen LogP contribution in [-0.2, 0) is 0 Å². The van der Waals surface area contributed by atoms with Crippen LogP contribution < -0.4 is 0 Å². The van der Waals surface area contributed by atoms with Crippen molar-refractivity contribution in [2.75, 3.05) is 0 Å². The van der Waals surface area contributed by atoms with Gasteiger partial charge in [0.15, 0.2) is 0 Å². The molecule has 14 heavy (non-hydrogen) atoms.